The van der Waals surface area contributed by atoms with Crippen molar-refractivity contribution in [3.05, 3.63) is 65.5 Å². The summed E-state index contributed by atoms with van der Waals surface area (Å²) in [6.45, 7) is 2.76. The molecule has 5 nitrogen and oxygen atoms in total. The van der Waals surface area contributed by atoms with Gasteiger partial charge in [0.2, 0.25) is 0 Å². The van der Waals surface area contributed by atoms with Crippen molar-refractivity contribution in [2.45, 2.75) is 50.9 Å². The van der Waals surface area contributed by atoms with Crippen LogP contribution in [0.2, 0.25) is 0 Å². The lowest BCUT2D eigenvalue weighted by Crippen LogP contribution is -2.46. The fraction of sp³-hybridized carbons (Fsp3) is 0.517. The average Bonchev–Trinajstić information content (AvgIpc) is 3.80. The number of nitriles is 1. The van der Waals surface area contributed by atoms with Crippen LogP contribution < -0.4 is 4.74 Å². The number of carbonyl (C=O) groups is 1. The number of nitrogens with zero attached hydrogens (tertiary/aromatic N) is 2. The number of likely N-dealkylation sites (tertiary alicyclic amines) is 1. The van der Waals surface area contributed by atoms with Crippen LogP contribution >= 0.6 is 0 Å². The summed E-state index contributed by atoms with van der Waals surface area (Å²) in [7, 11) is 0. The molecule has 5 rings (SSSR count). The van der Waals surface area contributed by atoms with Crippen LogP contribution in [0.25, 0.3) is 0 Å². The molecule has 0 aromatic heterocycles. The molecular weight excluding hydrogens is 443 g/mol. The number of rotatable bonds is 10. The molecule has 1 heterocycles. The minimum absolute atomic E-state index is 0.0550. The highest BCUT2D eigenvalue weighted by Crippen LogP contribution is 2.53. The van der Waals surface area contributed by atoms with E-state index in [1.165, 1.54) is 18.1 Å². The standard InChI is InChI=1S/C29H33FN2O3/c30-25-16-21(18-31)6-7-26(25)35-20-28(9-8-23-17-24(23)22-4-2-1-3-5-22)12-14-32(15-13-28)19-29(10-11-29)27(33)34/h1-7,16,23-24H,8-15,17,19-20H2,(H,33,34)/t23-,24?/m1/s1. The monoisotopic (exact) mass is 476 g/mol. The molecule has 1 N–H and O–H groups in total. The minimum atomic E-state index is -0.672. The van der Waals surface area contributed by atoms with Crippen LogP contribution in [0.1, 0.15) is 62.0 Å². The van der Waals surface area contributed by atoms with Gasteiger partial charge in [-0.3, -0.25) is 4.79 Å². The van der Waals surface area contributed by atoms with Gasteiger partial charge < -0.3 is 14.7 Å². The number of hydrogen-bond acceptors (Lipinski definition) is 4. The van der Waals surface area contributed by atoms with Crippen molar-refractivity contribution in [3.8, 4) is 11.8 Å². The Bertz CT molecular complexity index is 1100. The molecule has 184 valence electrons. The number of piperidine rings is 1. The van der Waals surface area contributed by atoms with Crippen LogP contribution in [-0.4, -0.2) is 42.2 Å². The van der Waals surface area contributed by atoms with E-state index in [0.717, 1.165) is 51.6 Å². The van der Waals surface area contributed by atoms with Crippen LogP contribution in [0.5, 0.6) is 5.75 Å². The van der Waals surface area contributed by atoms with Crippen LogP contribution in [-0.2, 0) is 4.79 Å². The molecule has 2 saturated carbocycles. The first kappa shape index (κ1) is 23.8. The number of carboxylic acid groups (broad SMARTS) is 1. The Morgan fingerprint density at radius 3 is 2.51 bits per heavy atom. The van der Waals surface area contributed by atoms with E-state index in [-0.39, 0.29) is 16.7 Å². The summed E-state index contributed by atoms with van der Waals surface area (Å²) in [4.78, 5) is 13.9. The quantitative estimate of drug-likeness (QED) is 0.483. The molecule has 35 heavy (non-hydrogen) atoms. The first-order valence-electron chi connectivity index (χ1n) is 12.8. The predicted octanol–water partition coefficient (Wildman–Crippen LogP) is 5.61. The smallest absolute Gasteiger partial charge is 0.310 e. The third-order valence-corrected chi connectivity index (χ3v) is 8.54. The fourth-order valence-electron chi connectivity index (χ4n) is 5.76. The van der Waals surface area contributed by atoms with Crippen LogP contribution in [0.3, 0.4) is 0 Å². The van der Waals surface area contributed by atoms with Crippen LogP contribution in [0.4, 0.5) is 4.39 Å². The van der Waals surface area contributed by atoms with Crippen LogP contribution in [0.15, 0.2) is 48.5 Å². The van der Waals surface area contributed by atoms with Crippen molar-refractivity contribution >= 4 is 5.97 Å². The number of benzene rings is 2. The molecule has 0 amide bonds. The van der Waals surface area contributed by atoms with E-state index in [2.05, 4.69) is 35.2 Å². The number of aliphatic carboxylic acids is 1. The van der Waals surface area contributed by atoms with Gasteiger partial charge in [0, 0.05) is 12.0 Å². The van der Waals surface area contributed by atoms with E-state index < -0.39 is 17.2 Å². The normalized spacial score (nSPS) is 24.3. The van der Waals surface area contributed by atoms with Crippen molar-refractivity contribution in [1.29, 1.82) is 5.26 Å². The van der Waals surface area contributed by atoms with Crippen molar-refractivity contribution in [2.24, 2.45) is 16.7 Å². The molecule has 6 heteroatoms. The molecule has 3 fully saturated rings. The van der Waals surface area contributed by atoms with Crippen molar-refractivity contribution in [1.82, 2.24) is 4.90 Å². The molecule has 2 aliphatic carbocycles. The lowest BCUT2D eigenvalue weighted by Gasteiger charge is -2.42. The lowest BCUT2D eigenvalue weighted by molar-refractivity contribution is -0.144. The highest BCUT2D eigenvalue weighted by molar-refractivity contribution is 5.78. The SMILES string of the molecule is N#Cc1ccc(OCC2(CC[C@@H]3CC3c3ccccc3)CCN(CC3(C(=O)O)CC3)CC2)c(F)c1. The second kappa shape index (κ2) is 9.62. The van der Waals surface area contributed by atoms with Gasteiger partial charge in [0.05, 0.1) is 23.7 Å². The number of carboxylic acids is 1. The Morgan fingerprint density at radius 2 is 1.89 bits per heavy atom. The summed E-state index contributed by atoms with van der Waals surface area (Å²) in [5.41, 5.74) is 1.10. The maximum atomic E-state index is 14.5. The average molecular weight is 477 g/mol. The second-order valence-electron chi connectivity index (χ2n) is 11.0. The molecule has 1 aliphatic heterocycles. The number of halogens is 1. The summed E-state index contributed by atoms with van der Waals surface area (Å²) in [5, 5.41) is 18.6. The maximum Gasteiger partial charge on any atom is 0.310 e. The highest BCUT2D eigenvalue weighted by atomic mass is 19.1. The Morgan fingerprint density at radius 1 is 1.14 bits per heavy atom. The highest BCUT2D eigenvalue weighted by Gasteiger charge is 2.52. The summed E-state index contributed by atoms with van der Waals surface area (Å²) in [5.74, 6) is 0.341. The summed E-state index contributed by atoms with van der Waals surface area (Å²) < 4.78 is 20.5. The molecular formula is C29H33FN2O3. The third-order valence-electron chi connectivity index (χ3n) is 8.54. The second-order valence-corrected chi connectivity index (χ2v) is 11.0. The van der Waals surface area contributed by atoms with Gasteiger partial charge in [0.25, 0.3) is 0 Å². The van der Waals surface area contributed by atoms with E-state index in [1.807, 2.05) is 6.07 Å². The zero-order chi connectivity index (χ0) is 24.5. The van der Waals surface area contributed by atoms with Crippen molar-refractivity contribution in [2.75, 3.05) is 26.2 Å². The zero-order valence-corrected chi connectivity index (χ0v) is 20.1. The lowest BCUT2D eigenvalue weighted by atomic mass is 9.74. The van der Waals surface area contributed by atoms with Crippen molar-refractivity contribution < 1.29 is 19.0 Å². The van der Waals surface area contributed by atoms with E-state index in [4.69, 9.17) is 10.00 Å². The van der Waals surface area contributed by atoms with Gasteiger partial charge in [-0.2, -0.15) is 5.26 Å². The topological polar surface area (TPSA) is 73.6 Å². The maximum absolute atomic E-state index is 14.5. The molecule has 2 atom stereocenters. The Hall–Kier alpha value is -2.91. The van der Waals surface area contributed by atoms with Crippen molar-refractivity contribution in [3.63, 3.8) is 0 Å². The summed E-state index contributed by atoms with van der Waals surface area (Å²) in [6, 6.07) is 17.0. The first-order chi connectivity index (χ1) is 16.9. The number of ether oxygens (including phenoxy) is 1. The molecule has 0 spiro atoms. The molecule has 1 saturated heterocycles. The Kier molecular flexibility index (Phi) is 6.55. The van der Waals surface area contributed by atoms with Gasteiger partial charge in [-0.1, -0.05) is 30.3 Å². The van der Waals surface area contributed by atoms with E-state index in [1.54, 1.807) is 12.1 Å². The van der Waals surface area contributed by atoms with E-state index in [9.17, 15) is 14.3 Å². The van der Waals surface area contributed by atoms with Gasteiger partial charge in [0.1, 0.15) is 0 Å². The first-order valence-corrected chi connectivity index (χ1v) is 12.8. The molecule has 3 aliphatic rings. The van der Waals surface area contributed by atoms with Gasteiger partial charge >= 0.3 is 5.97 Å². The Labute approximate surface area is 206 Å². The van der Waals surface area contributed by atoms with Crippen LogP contribution in [0, 0.1) is 33.9 Å². The minimum Gasteiger partial charge on any atom is -0.490 e. The summed E-state index contributed by atoms with van der Waals surface area (Å²) >= 11 is 0. The van der Waals surface area contributed by atoms with E-state index >= 15 is 0 Å². The van der Waals surface area contributed by atoms with E-state index in [0.29, 0.717) is 25.0 Å². The van der Waals surface area contributed by atoms with Gasteiger partial charge in [-0.15, -0.1) is 0 Å². The predicted molar refractivity (Wildman–Crippen MR) is 131 cm³/mol. The molecule has 0 radical (unpaired) electrons. The zero-order valence-electron chi connectivity index (χ0n) is 20.1. The molecule has 0 bridgehead atoms. The third kappa shape index (κ3) is 5.36. The largest absolute Gasteiger partial charge is 0.490 e. The molecule has 2 aromatic carbocycles. The number of hydrogen-bond donors (Lipinski definition) is 1. The fourth-order valence-corrected chi connectivity index (χ4v) is 5.76. The van der Waals surface area contributed by atoms with Gasteiger partial charge in [0.15, 0.2) is 11.6 Å². The molecule has 1 unspecified atom stereocenters. The van der Waals surface area contributed by atoms with Gasteiger partial charge in [-0.25, -0.2) is 4.39 Å². The molecule has 2 aromatic rings. The Balaban J connectivity index is 1.23. The van der Waals surface area contributed by atoms with Gasteiger partial charge in [-0.05, 0) is 93.6 Å². The summed E-state index contributed by atoms with van der Waals surface area (Å²) in [6.07, 6.45) is 6.75.